The van der Waals surface area contributed by atoms with E-state index in [1.807, 2.05) is 19.9 Å². The maximum atomic E-state index is 12.4. The molecule has 0 aromatic rings. The highest BCUT2D eigenvalue weighted by atomic mass is 31.2. The predicted molar refractivity (Wildman–Crippen MR) is 98.6 cm³/mol. The molecular formula is C19H33O3P. The topological polar surface area (TPSA) is 35.5 Å². The van der Waals surface area contributed by atoms with Crippen LogP contribution in [-0.2, 0) is 13.6 Å². The lowest BCUT2D eigenvalue weighted by molar-refractivity contribution is 0.229. The van der Waals surface area contributed by atoms with Crippen molar-refractivity contribution in [2.45, 2.75) is 60.8 Å². The lowest BCUT2D eigenvalue weighted by Crippen LogP contribution is -2.19. The molecule has 23 heavy (non-hydrogen) atoms. The van der Waals surface area contributed by atoms with E-state index in [0.29, 0.717) is 13.2 Å². The fourth-order valence-electron chi connectivity index (χ4n) is 3.05. The van der Waals surface area contributed by atoms with Gasteiger partial charge in [-0.15, -0.1) is 0 Å². The largest absolute Gasteiger partial charge is 0.353 e. The Hall–Kier alpha value is -0.630. The summed E-state index contributed by atoms with van der Waals surface area (Å²) in [7, 11) is -3.09. The third kappa shape index (κ3) is 6.41. The van der Waals surface area contributed by atoms with E-state index in [9.17, 15) is 4.57 Å². The monoisotopic (exact) mass is 340 g/mol. The smallest absolute Gasteiger partial charge is 0.306 e. The molecule has 1 aliphatic rings. The highest BCUT2D eigenvalue weighted by molar-refractivity contribution is 7.57. The van der Waals surface area contributed by atoms with E-state index in [4.69, 9.17) is 9.05 Å². The summed E-state index contributed by atoms with van der Waals surface area (Å²) in [6.45, 7) is 13.4. The summed E-state index contributed by atoms with van der Waals surface area (Å²) in [5.41, 5.74) is 3.18. The summed E-state index contributed by atoms with van der Waals surface area (Å²) in [6.07, 6.45) is 10.0. The molecule has 0 saturated carbocycles. The first-order chi connectivity index (χ1) is 10.7. The van der Waals surface area contributed by atoms with Crippen LogP contribution in [0.15, 0.2) is 35.2 Å². The maximum absolute atomic E-state index is 12.4. The van der Waals surface area contributed by atoms with Gasteiger partial charge in [-0.25, -0.2) is 0 Å². The zero-order chi connectivity index (χ0) is 17.5. The first-order valence-electron chi connectivity index (χ1n) is 8.70. The number of allylic oxidation sites excluding steroid dienone is 5. The zero-order valence-electron chi connectivity index (χ0n) is 15.6. The van der Waals surface area contributed by atoms with Crippen molar-refractivity contribution in [3.05, 3.63) is 35.2 Å². The SMILES string of the molecule is CCOP(=O)(C=CC(C)C=CC1=C(C)CCCC1(C)C)OCC. The average Bonchev–Trinajstić information content (AvgIpc) is 2.44. The highest BCUT2D eigenvalue weighted by Crippen LogP contribution is 2.49. The van der Waals surface area contributed by atoms with Gasteiger partial charge in [-0.2, -0.15) is 0 Å². The van der Waals surface area contributed by atoms with Gasteiger partial charge in [-0.05, 0) is 56.9 Å². The number of hydrogen-bond donors (Lipinski definition) is 0. The molecule has 0 N–H and O–H groups in total. The van der Waals surface area contributed by atoms with Crippen LogP contribution in [0.5, 0.6) is 0 Å². The van der Waals surface area contributed by atoms with Crippen LogP contribution in [-0.4, -0.2) is 13.2 Å². The Kier molecular flexibility index (Phi) is 8.00. The van der Waals surface area contributed by atoms with Crippen LogP contribution < -0.4 is 0 Å². The summed E-state index contributed by atoms with van der Waals surface area (Å²) < 4.78 is 23.0. The normalized spacial score (nSPS) is 20.6. The molecule has 0 aliphatic heterocycles. The molecule has 0 heterocycles. The Bertz CT molecular complexity index is 505. The summed E-state index contributed by atoms with van der Waals surface area (Å²) in [5.74, 6) is 1.78. The second-order valence-corrected chi connectivity index (χ2v) is 8.76. The second-order valence-electron chi connectivity index (χ2n) is 6.87. The van der Waals surface area contributed by atoms with Crippen molar-refractivity contribution >= 4 is 7.60 Å². The first kappa shape index (κ1) is 20.4. The van der Waals surface area contributed by atoms with Crippen molar-refractivity contribution in [1.29, 1.82) is 0 Å². The van der Waals surface area contributed by atoms with Gasteiger partial charge in [0, 0.05) is 5.82 Å². The summed E-state index contributed by atoms with van der Waals surface area (Å²) in [4.78, 5) is 0. The molecule has 1 unspecified atom stereocenters. The van der Waals surface area contributed by atoms with Gasteiger partial charge >= 0.3 is 7.60 Å². The second kappa shape index (κ2) is 9.01. The molecule has 0 fully saturated rings. The Morgan fingerprint density at radius 3 is 2.35 bits per heavy atom. The first-order valence-corrected chi connectivity index (χ1v) is 10.3. The minimum Gasteiger partial charge on any atom is -0.306 e. The molecule has 0 amide bonds. The minimum absolute atomic E-state index is 0.183. The van der Waals surface area contributed by atoms with Gasteiger partial charge in [-0.3, -0.25) is 4.57 Å². The Balaban J connectivity index is 2.80. The van der Waals surface area contributed by atoms with E-state index in [-0.39, 0.29) is 11.3 Å². The summed E-state index contributed by atoms with van der Waals surface area (Å²) in [5, 5.41) is 0. The van der Waals surface area contributed by atoms with Gasteiger partial charge in [-0.1, -0.05) is 44.6 Å². The highest BCUT2D eigenvalue weighted by Gasteiger charge is 2.26. The van der Waals surface area contributed by atoms with Crippen molar-refractivity contribution in [1.82, 2.24) is 0 Å². The minimum atomic E-state index is -3.09. The molecule has 3 nitrogen and oxygen atoms in total. The van der Waals surface area contributed by atoms with Gasteiger partial charge < -0.3 is 9.05 Å². The molecule has 1 atom stereocenters. The van der Waals surface area contributed by atoms with Crippen molar-refractivity contribution in [3.63, 3.8) is 0 Å². The third-order valence-corrected chi connectivity index (χ3v) is 6.07. The van der Waals surface area contributed by atoms with Crippen LogP contribution in [0.1, 0.15) is 60.8 Å². The summed E-state index contributed by atoms with van der Waals surface area (Å²) in [6, 6.07) is 0. The van der Waals surface area contributed by atoms with E-state index in [1.54, 1.807) is 5.82 Å². The van der Waals surface area contributed by atoms with Crippen molar-refractivity contribution < 1.29 is 13.6 Å². The summed E-state index contributed by atoms with van der Waals surface area (Å²) >= 11 is 0. The third-order valence-electron chi connectivity index (χ3n) is 4.30. The fraction of sp³-hybridized carbons (Fsp3) is 0.684. The number of hydrogen-bond acceptors (Lipinski definition) is 3. The van der Waals surface area contributed by atoms with E-state index in [1.165, 1.54) is 30.4 Å². The van der Waals surface area contributed by atoms with Crippen molar-refractivity contribution in [2.75, 3.05) is 13.2 Å². The molecule has 0 spiro atoms. The molecular weight excluding hydrogens is 307 g/mol. The molecule has 4 heteroatoms. The Morgan fingerprint density at radius 1 is 1.22 bits per heavy atom. The lowest BCUT2D eigenvalue weighted by Gasteiger charge is -2.33. The van der Waals surface area contributed by atoms with E-state index >= 15 is 0 Å². The zero-order valence-corrected chi connectivity index (χ0v) is 16.5. The Morgan fingerprint density at radius 2 is 1.83 bits per heavy atom. The molecule has 1 rings (SSSR count). The molecule has 1 aliphatic carbocycles. The van der Waals surface area contributed by atoms with Gasteiger partial charge in [0.05, 0.1) is 13.2 Å². The van der Waals surface area contributed by atoms with Crippen LogP contribution in [0, 0.1) is 11.3 Å². The van der Waals surface area contributed by atoms with Crippen LogP contribution in [0.25, 0.3) is 0 Å². The quantitative estimate of drug-likeness (QED) is 0.474. The van der Waals surface area contributed by atoms with E-state index in [2.05, 4.69) is 39.8 Å². The van der Waals surface area contributed by atoms with Crippen LogP contribution in [0.4, 0.5) is 0 Å². The molecule has 0 saturated heterocycles. The van der Waals surface area contributed by atoms with Crippen LogP contribution in [0.3, 0.4) is 0 Å². The molecule has 0 radical (unpaired) electrons. The lowest BCUT2D eigenvalue weighted by atomic mass is 9.72. The van der Waals surface area contributed by atoms with E-state index in [0.717, 1.165) is 0 Å². The van der Waals surface area contributed by atoms with E-state index < -0.39 is 7.60 Å². The fourth-order valence-corrected chi connectivity index (χ4v) is 4.50. The van der Waals surface area contributed by atoms with Gasteiger partial charge in [0.15, 0.2) is 0 Å². The number of rotatable bonds is 8. The molecule has 0 bridgehead atoms. The molecule has 0 aromatic carbocycles. The van der Waals surface area contributed by atoms with Crippen molar-refractivity contribution in [2.24, 2.45) is 11.3 Å². The predicted octanol–water partition coefficient (Wildman–Crippen LogP) is 6.49. The van der Waals surface area contributed by atoms with Crippen LogP contribution in [0.2, 0.25) is 0 Å². The molecule has 132 valence electrons. The average molecular weight is 340 g/mol. The maximum Gasteiger partial charge on any atom is 0.353 e. The van der Waals surface area contributed by atoms with Gasteiger partial charge in [0.1, 0.15) is 0 Å². The standard InChI is InChI=1S/C19H33O3P/c1-7-21-23(20,22-8-2)15-13-16(3)11-12-18-17(4)10-9-14-19(18,5)6/h11-13,15-16H,7-10,14H2,1-6H3. The molecule has 0 aromatic heterocycles. The van der Waals surface area contributed by atoms with Gasteiger partial charge in [0.2, 0.25) is 0 Å². The van der Waals surface area contributed by atoms with Gasteiger partial charge in [0.25, 0.3) is 0 Å². The van der Waals surface area contributed by atoms with Crippen molar-refractivity contribution in [3.8, 4) is 0 Å². The van der Waals surface area contributed by atoms with Crippen LogP contribution >= 0.6 is 7.60 Å². The Labute approximate surface area is 142 Å².